The third-order valence-corrected chi connectivity index (χ3v) is 3.64. The SMILES string of the molecule is COC(=O)C1=C(C(=O)OC)C2CCC1CC2. The molecule has 0 aromatic carbocycles. The Balaban J connectivity index is 2.44. The third-order valence-electron chi connectivity index (χ3n) is 3.64. The van der Waals surface area contributed by atoms with Gasteiger partial charge in [0.15, 0.2) is 0 Å². The van der Waals surface area contributed by atoms with Crippen molar-refractivity contribution in [3.8, 4) is 0 Å². The maximum Gasteiger partial charge on any atom is 0.334 e. The topological polar surface area (TPSA) is 52.6 Å². The van der Waals surface area contributed by atoms with Gasteiger partial charge < -0.3 is 9.47 Å². The van der Waals surface area contributed by atoms with Crippen LogP contribution in [0.15, 0.2) is 11.1 Å². The van der Waals surface area contributed by atoms with Gasteiger partial charge in [-0.05, 0) is 37.5 Å². The average Bonchev–Trinajstić information content (AvgIpc) is 2.37. The molecule has 4 nitrogen and oxygen atoms in total. The Hall–Kier alpha value is -1.32. The van der Waals surface area contributed by atoms with Gasteiger partial charge in [-0.1, -0.05) is 0 Å². The van der Waals surface area contributed by atoms with Crippen molar-refractivity contribution in [1.29, 1.82) is 0 Å². The van der Waals surface area contributed by atoms with Crippen molar-refractivity contribution in [1.82, 2.24) is 0 Å². The van der Waals surface area contributed by atoms with Gasteiger partial charge in [0, 0.05) is 0 Å². The van der Waals surface area contributed by atoms with Crippen molar-refractivity contribution < 1.29 is 19.1 Å². The van der Waals surface area contributed by atoms with E-state index in [2.05, 4.69) is 0 Å². The van der Waals surface area contributed by atoms with Crippen LogP contribution in [0.5, 0.6) is 0 Å². The summed E-state index contributed by atoms with van der Waals surface area (Å²) in [4.78, 5) is 23.4. The number of esters is 2. The summed E-state index contributed by atoms with van der Waals surface area (Å²) in [5, 5.41) is 0. The summed E-state index contributed by atoms with van der Waals surface area (Å²) in [6.07, 6.45) is 3.93. The molecule has 0 aromatic heterocycles. The fourth-order valence-electron chi connectivity index (χ4n) is 2.88. The van der Waals surface area contributed by atoms with Gasteiger partial charge in [0.25, 0.3) is 0 Å². The fourth-order valence-corrected chi connectivity index (χ4v) is 2.88. The summed E-state index contributed by atoms with van der Waals surface area (Å²) in [5.41, 5.74) is 1.13. The highest BCUT2D eigenvalue weighted by atomic mass is 16.5. The Kier molecular flexibility index (Phi) is 2.99. The van der Waals surface area contributed by atoms with Crippen molar-refractivity contribution >= 4 is 11.9 Å². The lowest BCUT2D eigenvalue weighted by Gasteiger charge is -2.37. The molecular formula is C12H16O4. The van der Waals surface area contributed by atoms with E-state index in [1.165, 1.54) is 14.2 Å². The first-order chi connectivity index (χ1) is 7.69. The number of hydrogen-bond donors (Lipinski definition) is 0. The molecule has 16 heavy (non-hydrogen) atoms. The molecule has 1 fully saturated rings. The number of hydrogen-bond acceptors (Lipinski definition) is 4. The van der Waals surface area contributed by atoms with Crippen molar-refractivity contribution in [3.05, 3.63) is 11.1 Å². The molecule has 88 valence electrons. The second-order valence-corrected chi connectivity index (χ2v) is 4.36. The zero-order valence-corrected chi connectivity index (χ0v) is 9.62. The summed E-state index contributed by atoms with van der Waals surface area (Å²) in [7, 11) is 2.71. The molecular weight excluding hydrogens is 208 g/mol. The first-order valence-corrected chi connectivity index (χ1v) is 5.59. The molecule has 3 rings (SSSR count). The van der Waals surface area contributed by atoms with E-state index in [9.17, 15) is 9.59 Å². The zero-order valence-electron chi connectivity index (χ0n) is 9.62. The number of fused-ring (bicyclic) bond motifs is 2. The maximum atomic E-state index is 11.7. The molecule has 3 aliphatic carbocycles. The lowest BCUT2D eigenvalue weighted by atomic mass is 9.67. The Labute approximate surface area is 94.6 Å². The number of carbonyl (C=O) groups is 2. The summed E-state index contributed by atoms with van der Waals surface area (Å²) >= 11 is 0. The second-order valence-electron chi connectivity index (χ2n) is 4.36. The van der Waals surface area contributed by atoms with E-state index < -0.39 is 0 Å². The molecule has 0 atom stereocenters. The van der Waals surface area contributed by atoms with Gasteiger partial charge in [0.05, 0.1) is 25.4 Å². The van der Waals surface area contributed by atoms with E-state index in [1.54, 1.807) is 0 Å². The zero-order chi connectivity index (χ0) is 11.7. The van der Waals surface area contributed by atoms with E-state index in [0.29, 0.717) is 11.1 Å². The monoisotopic (exact) mass is 224 g/mol. The lowest BCUT2D eigenvalue weighted by Crippen LogP contribution is -2.34. The van der Waals surface area contributed by atoms with Gasteiger partial charge in [0.2, 0.25) is 0 Å². The highest BCUT2D eigenvalue weighted by Crippen LogP contribution is 2.45. The van der Waals surface area contributed by atoms with Gasteiger partial charge in [-0.2, -0.15) is 0 Å². The van der Waals surface area contributed by atoms with Crippen molar-refractivity contribution in [2.24, 2.45) is 11.8 Å². The molecule has 0 N–H and O–H groups in total. The summed E-state index contributed by atoms with van der Waals surface area (Å²) in [6, 6.07) is 0. The number of rotatable bonds is 2. The molecule has 4 heteroatoms. The van der Waals surface area contributed by atoms with E-state index >= 15 is 0 Å². The van der Waals surface area contributed by atoms with Crippen LogP contribution in [0.25, 0.3) is 0 Å². The highest BCUT2D eigenvalue weighted by molar-refractivity contribution is 6.01. The fraction of sp³-hybridized carbons (Fsp3) is 0.667. The minimum atomic E-state index is -0.366. The minimum Gasteiger partial charge on any atom is -0.466 e. The molecule has 0 amide bonds. The predicted octanol–water partition coefficient (Wildman–Crippen LogP) is 1.45. The largest absolute Gasteiger partial charge is 0.466 e. The molecule has 0 heterocycles. The Morgan fingerprint density at radius 1 is 0.875 bits per heavy atom. The molecule has 0 spiro atoms. The highest BCUT2D eigenvalue weighted by Gasteiger charge is 2.41. The number of methoxy groups -OCH3 is 2. The quantitative estimate of drug-likeness (QED) is 0.666. The lowest BCUT2D eigenvalue weighted by molar-refractivity contribution is -0.141. The van der Waals surface area contributed by atoms with Crippen LogP contribution in [0.1, 0.15) is 25.7 Å². The van der Waals surface area contributed by atoms with Gasteiger partial charge in [-0.15, -0.1) is 0 Å². The van der Waals surface area contributed by atoms with Crippen molar-refractivity contribution in [2.75, 3.05) is 14.2 Å². The van der Waals surface area contributed by atoms with Gasteiger partial charge in [0.1, 0.15) is 0 Å². The molecule has 0 unspecified atom stereocenters. The van der Waals surface area contributed by atoms with Crippen LogP contribution in [-0.2, 0) is 19.1 Å². The molecule has 0 aliphatic heterocycles. The van der Waals surface area contributed by atoms with Crippen LogP contribution in [0.4, 0.5) is 0 Å². The smallest absolute Gasteiger partial charge is 0.334 e. The van der Waals surface area contributed by atoms with Crippen molar-refractivity contribution in [2.45, 2.75) is 25.7 Å². The van der Waals surface area contributed by atoms with E-state index in [-0.39, 0.29) is 23.8 Å². The van der Waals surface area contributed by atoms with Gasteiger partial charge >= 0.3 is 11.9 Å². The van der Waals surface area contributed by atoms with E-state index in [0.717, 1.165) is 25.7 Å². The maximum absolute atomic E-state index is 11.7. The van der Waals surface area contributed by atoms with E-state index in [1.807, 2.05) is 0 Å². The van der Waals surface area contributed by atoms with Crippen LogP contribution >= 0.6 is 0 Å². The standard InChI is InChI=1S/C12H16O4/c1-15-11(13)9-7-3-5-8(6-4-7)10(9)12(14)16-2/h7-8H,3-6H2,1-2H3. The number of carbonyl (C=O) groups excluding carboxylic acids is 2. The minimum absolute atomic E-state index is 0.187. The van der Waals surface area contributed by atoms with Gasteiger partial charge in [-0.3, -0.25) is 0 Å². The second kappa shape index (κ2) is 4.28. The van der Waals surface area contributed by atoms with Crippen LogP contribution in [0.3, 0.4) is 0 Å². The Bertz CT molecular complexity index is 314. The Morgan fingerprint density at radius 2 is 1.19 bits per heavy atom. The molecule has 0 aromatic rings. The van der Waals surface area contributed by atoms with Gasteiger partial charge in [-0.25, -0.2) is 9.59 Å². The van der Waals surface area contributed by atoms with Crippen LogP contribution in [-0.4, -0.2) is 26.2 Å². The van der Waals surface area contributed by atoms with Crippen LogP contribution < -0.4 is 0 Å². The third kappa shape index (κ3) is 1.62. The molecule has 0 saturated heterocycles. The number of ether oxygens (including phenoxy) is 2. The first kappa shape index (κ1) is 11.2. The predicted molar refractivity (Wildman–Crippen MR) is 56.5 cm³/mol. The molecule has 3 aliphatic rings. The summed E-state index contributed by atoms with van der Waals surface area (Å²) in [6.45, 7) is 0. The van der Waals surface area contributed by atoms with E-state index in [4.69, 9.17) is 9.47 Å². The average molecular weight is 224 g/mol. The van der Waals surface area contributed by atoms with Crippen LogP contribution in [0, 0.1) is 11.8 Å². The summed E-state index contributed by atoms with van der Waals surface area (Å²) in [5.74, 6) is -0.359. The Morgan fingerprint density at radius 3 is 1.44 bits per heavy atom. The summed E-state index contributed by atoms with van der Waals surface area (Å²) < 4.78 is 9.53. The first-order valence-electron chi connectivity index (χ1n) is 5.59. The molecule has 0 radical (unpaired) electrons. The van der Waals surface area contributed by atoms with Crippen molar-refractivity contribution in [3.63, 3.8) is 0 Å². The molecule has 2 bridgehead atoms. The van der Waals surface area contributed by atoms with Crippen LogP contribution in [0.2, 0.25) is 0 Å². The normalized spacial score (nSPS) is 27.9. The molecule has 1 saturated carbocycles.